The summed E-state index contributed by atoms with van der Waals surface area (Å²) in [5.41, 5.74) is 9.86. The molecule has 0 fully saturated rings. The number of aromatic nitrogens is 2. The monoisotopic (exact) mass is 279 g/mol. The molecule has 2 aromatic rings. The van der Waals surface area contributed by atoms with Gasteiger partial charge in [-0.3, -0.25) is 5.10 Å². The SMILES string of the molecule is CCc1ccc(-c2n[nH]c(CN)c2Br)cc1. The van der Waals surface area contributed by atoms with Crippen LogP contribution in [0.2, 0.25) is 0 Å². The lowest BCUT2D eigenvalue weighted by Crippen LogP contribution is -1.96. The molecular formula is C12H14BrN3. The zero-order chi connectivity index (χ0) is 11.5. The lowest BCUT2D eigenvalue weighted by atomic mass is 10.1. The molecule has 2 rings (SSSR count). The van der Waals surface area contributed by atoms with Crippen LogP contribution >= 0.6 is 15.9 Å². The van der Waals surface area contributed by atoms with Crippen molar-refractivity contribution in [1.82, 2.24) is 10.2 Å². The molecule has 0 aliphatic rings. The third-order valence-corrected chi connectivity index (χ3v) is 3.47. The molecule has 0 atom stereocenters. The zero-order valence-corrected chi connectivity index (χ0v) is 10.7. The van der Waals surface area contributed by atoms with Gasteiger partial charge in [0.15, 0.2) is 0 Å². The molecule has 3 N–H and O–H groups in total. The van der Waals surface area contributed by atoms with E-state index in [4.69, 9.17) is 5.73 Å². The standard InChI is InChI=1S/C12H14BrN3/c1-2-8-3-5-9(6-4-8)12-11(13)10(7-14)15-16-12/h3-6H,2,7,14H2,1H3,(H,15,16). The lowest BCUT2D eigenvalue weighted by molar-refractivity contribution is 0.945. The fraction of sp³-hybridized carbons (Fsp3) is 0.250. The zero-order valence-electron chi connectivity index (χ0n) is 9.13. The van der Waals surface area contributed by atoms with Crippen LogP contribution in [0.3, 0.4) is 0 Å². The minimum Gasteiger partial charge on any atom is -0.325 e. The van der Waals surface area contributed by atoms with Gasteiger partial charge in [-0.15, -0.1) is 0 Å². The summed E-state index contributed by atoms with van der Waals surface area (Å²) in [7, 11) is 0. The van der Waals surface area contributed by atoms with Gasteiger partial charge in [0.2, 0.25) is 0 Å². The smallest absolute Gasteiger partial charge is 0.107 e. The molecule has 0 aliphatic carbocycles. The highest BCUT2D eigenvalue weighted by Gasteiger charge is 2.10. The van der Waals surface area contributed by atoms with E-state index in [1.54, 1.807) is 0 Å². The minimum absolute atomic E-state index is 0.459. The van der Waals surface area contributed by atoms with Crippen molar-refractivity contribution >= 4 is 15.9 Å². The van der Waals surface area contributed by atoms with Crippen molar-refractivity contribution in [2.24, 2.45) is 5.73 Å². The quantitative estimate of drug-likeness (QED) is 0.908. The Morgan fingerprint density at radius 1 is 1.31 bits per heavy atom. The number of hydrogen-bond acceptors (Lipinski definition) is 2. The molecule has 4 heteroatoms. The number of rotatable bonds is 3. The number of aryl methyl sites for hydroxylation is 1. The predicted molar refractivity (Wildman–Crippen MR) is 69.0 cm³/mol. The average Bonchev–Trinajstić information content (AvgIpc) is 2.70. The van der Waals surface area contributed by atoms with Crippen molar-refractivity contribution in [1.29, 1.82) is 0 Å². The second-order valence-electron chi connectivity index (χ2n) is 3.62. The second-order valence-corrected chi connectivity index (χ2v) is 4.41. The minimum atomic E-state index is 0.459. The van der Waals surface area contributed by atoms with Crippen LogP contribution in [-0.2, 0) is 13.0 Å². The van der Waals surface area contributed by atoms with Crippen LogP contribution < -0.4 is 5.73 Å². The van der Waals surface area contributed by atoms with E-state index >= 15 is 0 Å². The summed E-state index contributed by atoms with van der Waals surface area (Å²) in [6.45, 7) is 2.60. The first kappa shape index (κ1) is 11.4. The summed E-state index contributed by atoms with van der Waals surface area (Å²) in [5, 5.41) is 7.19. The van der Waals surface area contributed by atoms with E-state index in [0.29, 0.717) is 6.54 Å². The number of benzene rings is 1. The maximum absolute atomic E-state index is 5.59. The Bertz CT molecular complexity index is 474. The molecule has 0 amide bonds. The van der Waals surface area contributed by atoms with E-state index in [-0.39, 0.29) is 0 Å². The third-order valence-electron chi connectivity index (χ3n) is 2.62. The molecule has 16 heavy (non-hydrogen) atoms. The second kappa shape index (κ2) is 4.80. The van der Waals surface area contributed by atoms with Crippen LogP contribution in [0.1, 0.15) is 18.2 Å². The van der Waals surface area contributed by atoms with Crippen molar-refractivity contribution in [2.45, 2.75) is 19.9 Å². The van der Waals surface area contributed by atoms with Crippen molar-refractivity contribution < 1.29 is 0 Å². The van der Waals surface area contributed by atoms with Crippen LogP contribution in [0.4, 0.5) is 0 Å². The Morgan fingerprint density at radius 2 is 2.00 bits per heavy atom. The summed E-state index contributed by atoms with van der Waals surface area (Å²) in [6.07, 6.45) is 1.05. The van der Waals surface area contributed by atoms with Gasteiger partial charge in [0.25, 0.3) is 0 Å². The lowest BCUT2D eigenvalue weighted by Gasteiger charge is -2.00. The predicted octanol–water partition coefficient (Wildman–Crippen LogP) is 2.86. The van der Waals surface area contributed by atoms with E-state index in [1.807, 2.05) is 0 Å². The Kier molecular flexibility index (Phi) is 3.41. The molecule has 0 saturated carbocycles. The van der Waals surface area contributed by atoms with E-state index in [9.17, 15) is 0 Å². The van der Waals surface area contributed by atoms with Crippen molar-refractivity contribution in [3.05, 3.63) is 40.0 Å². The Morgan fingerprint density at radius 3 is 2.50 bits per heavy atom. The number of hydrogen-bond donors (Lipinski definition) is 2. The molecule has 1 aromatic heterocycles. The summed E-state index contributed by atoms with van der Waals surface area (Å²) >= 11 is 3.51. The van der Waals surface area contributed by atoms with E-state index in [0.717, 1.165) is 27.8 Å². The molecule has 0 saturated heterocycles. The van der Waals surface area contributed by atoms with Crippen LogP contribution in [0.15, 0.2) is 28.7 Å². The van der Waals surface area contributed by atoms with E-state index in [1.165, 1.54) is 5.56 Å². The molecule has 1 heterocycles. The van der Waals surface area contributed by atoms with Crippen molar-refractivity contribution in [3.63, 3.8) is 0 Å². The van der Waals surface area contributed by atoms with Crippen LogP contribution in [-0.4, -0.2) is 10.2 Å². The van der Waals surface area contributed by atoms with Crippen molar-refractivity contribution in [2.75, 3.05) is 0 Å². The topological polar surface area (TPSA) is 54.7 Å². The van der Waals surface area contributed by atoms with Gasteiger partial charge in [0.1, 0.15) is 5.69 Å². The Hall–Kier alpha value is -1.13. The largest absolute Gasteiger partial charge is 0.325 e. The highest BCUT2D eigenvalue weighted by molar-refractivity contribution is 9.10. The highest BCUT2D eigenvalue weighted by Crippen LogP contribution is 2.28. The summed E-state index contributed by atoms with van der Waals surface area (Å²) < 4.78 is 0.958. The Balaban J connectivity index is 2.38. The Labute approximate surface area is 103 Å². The molecule has 0 aliphatic heterocycles. The molecule has 84 valence electrons. The van der Waals surface area contributed by atoms with Gasteiger partial charge < -0.3 is 5.73 Å². The molecular weight excluding hydrogens is 266 g/mol. The van der Waals surface area contributed by atoms with Gasteiger partial charge in [0.05, 0.1) is 10.2 Å². The van der Waals surface area contributed by atoms with Crippen molar-refractivity contribution in [3.8, 4) is 11.3 Å². The summed E-state index contributed by atoms with van der Waals surface area (Å²) in [6, 6.07) is 8.41. The van der Waals surface area contributed by atoms with Crippen LogP contribution in [0.5, 0.6) is 0 Å². The molecule has 0 spiro atoms. The van der Waals surface area contributed by atoms with Crippen LogP contribution in [0.25, 0.3) is 11.3 Å². The van der Waals surface area contributed by atoms with E-state index in [2.05, 4.69) is 57.3 Å². The van der Waals surface area contributed by atoms with Crippen LogP contribution in [0, 0.1) is 0 Å². The van der Waals surface area contributed by atoms with Gasteiger partial charge in [-0.2, -0.15) is 5.10 Å². The average molecular weight is 280 g/mol. The fourth-order valence-electron chi connectivity index (χ4n) is 1.59. The first-order valence-corrected chi connectivity index (χ1v) is 6.07. The van der Waals surface area contributed by atoms with E-state index < -0.39 is 0 Å². The number of nitrogens with one attached hydrogen (secondary N) is 1. The highest BCUT2D eigenvalue weighted by atomic mass is 79.9. The molecule has 1 aromatic carbocycles. The van der Waals surface area contributed by atoms with Gasteiger partial charge in [-0.05, 0) is 27.9 Å². The maximum atomic E-state index is 5.59. The molecule has 0 radical (unpaired) electrons. The third kappa shape index (κ3) is 2.03. The van der Waals surface area contributed by atoms with Gasteiger partial charge in [-0.25, -0.2) is 0 Å². The maximum Gasteiger partial charge on any atom is 0.107 e. The first-order chi connectivity index (χ1) is 7.76. The summed E-state index contributed by atoms with van der Waals surface area (Å²) in [4.78, 5) is 0. The molecule has 3 nitrogen and oxygen atoms in total. The molecule has 0 bridgehead atoms. The first-order valence-electron chi connectivity index (χ1n) is 5.28. The number of H-pyrrole nitrogens is 1. The van der Waals surface area contributed by atoms with Gasteiger partial charge >= 0.3 is 0 Å². The number of nitrogens with two attached hydrogens (primary N) is 1. The number of aromatic amines is 1. The van der Waals surface area contributed by atoms with Gasteiger partial charge in [0, 0.05) is 12.1 Å². The normalized spacial score (nSPS) is 10.7. The fourth-order valence-corrected chi connectivity index (χ4v) is 2.16. The molecule has 0 unspecified atom stereocenters. The summed E-state index contributed by atoms with van der Waals surface area (Å²) in [5.74, 6) is 0. The number of halogens is 1. The van der Waals surface area contributed by atoms with Gasteiger partial charge in [-0.1, -0.05) is 31.2 Å². The number of nitrogens with zero attached hydrogens (tertiary/aromatic N) is 1.